The minimum Gasteiger partial charge on any atom is -0.381 e. The molecule has 0 atom stereocenters. The third-order valence-electron chi connectivity index (χ3n) is 4.61. The second-order valence-electron chi connectivity index (χ2n) is 5.92. The van der Waals surface area contributed by atoms with Gasteiger partial charge in [0.15, 0.2) is 10.8 Å². The Balaban J connectivity index is 1.71. The lowest BCUT2D eigenvalue weighted by atomic mass is 10.2. The molecule has 0 bridgehead atoms. The van der Waals surface area contributed by atoms with Crippen LogP contribution in [0.3, 0.4) is 0 Å². The molecular formula is C13H23N5O2S. The summed E-state index contributed by atoms with van der Waals surface area (Å²) >= 11 is 0. The van der Waals surface area contributed by atoms with Crippen LogP contribution >= 0.6 is 0 Å². The monoisotopic (exact) mass is 313 g/mol. The number of piperazine rings is 1. The Labute approximate surface area is 125 Å². The topological polar surface area (TPSA) is 84.5 Å². The second-order valence-corrected chi connectivity index (χ2v) is 7.78. The van der Waals surface area contributed by atoms with E-state index in [9.17, 15) is 8.42 Å². The number of nitrogens with zero attached hydrogens (tertiary/aromatic N) is 4. The fourth-order valence-corrected chi connectivity index (χ4v) is 5.07. The molecule has 1 aromatic heterocycles. The van der Waals surface area contributed by atoms with Gasteiger partial charge in [-0.2, -0.15) is 4.31 Å². The average Bonchev–Trinajstić information content (AvgIpc) is 3.09. The minimum absolute atomic E-state index is 0.0794. The van der Waals surface area contributed by atoms with E-state index in [2.05, 4.69) is 9.88 Å². The standard InChI is InChI=1S/C13H23N5O2S/c1-16-10-15-12(14)13(16)21(19,20)18-8-6-17(7-9-18)11-4-2-3-5-11/h10-11H,2-9,14H2,1H3. The lowest BCUT2D eigenvalue weighted by Crippen LogP contribution is -2.51. The Morgan fingerprint density at radius 2 is 1.81 bits per heavy atom. The Morgan fingerprint density at radius 3 is 2.33 bits per heavy atom. The van der Waals surface area contributed by atoms with Gasteiger partial charge in [-0.15, -0.1) is 0 Å². The molecule has 2 N–H and O–H groups in total. The molecule has 7 nitrogen and oxygen atoms in total. The molecule has 118 valence electrons. The third kappa shape index (κ3) is 2.67. The van der Waals surface area contributed by atoms with Crippen molar-refractivity contribution in [2.24, 2.45) is 7.05 Å². The van der Waals surface area contributed by atoms with Gasteiger partial charge in [-0.25, -0.2) is 13.4 Å². The molecule has 21 heavy (non-hydrogen) atoms. The predicted molar refractivity (Wildman–Crippen MR) is 80.2 cm³/mol. The highest BCUT2D eigenvalue weighted by Crippen LogP contribution is 2.26. The van der Waals surface area contributed by atoms with Crippen molar-refractivity contribution in [2.75, 3.05) is 31.9 Å². The van der Waals surface area contributed by atoms with Crippen molar-refractivity contribution in [3.05, 3.63) is 6.33 Å². The molecule has 1 aromatic rings. The van der Waals surface area contributed by atoms with E-state index in [1.165, 1.54) is 40.9 Å². The summed E-state index contributed by atoms with van der Waals surface area (Å²) in [5, 5.41) is 0.108. The fraction of sp³-hybridized carbons (Fsp3) is 0.769. The highest BCUT2D eigenvalue weighted by Gasteiger charge is 2.34. The Morgan fingerprint density at radius 1 is 1.19 bits per heavy atom. The highest BCUT2D eigenvalue weighted by molar-refractivity contribution is 7.89. The smallest absolute Gasteiger partial charge is 0.262 e. The summed E-state index contributed by atoms with van der Waals surface area (Å²) in [6.07, 6.45) is 6.54. The van der Waals surface area contributed by atoms with Crippen LogP contribution in [0.25, 0.3) is 0 Å². The Hall–Kier alpha value is -1.12. The number of sulfonamides is 1. The van der Waals surface area contributed by atoms with Crippen molar-refractivity contribution in [2.45, 2.75) is 36.8 Å². The number of aromatic nitrogens is 2. The molecule has 2 fully saturated rings. The zero-order valence-corrected chi connectivity index (χ0v) is 13.2. The van der Waals surface area contributed by atoms with Gasteiger partial charge < -0.3 is 10.3 Å². The van der Waals surface area contributed by atoms with Crippen LogP contribution in [0.1, 0.15) is 25.7 Å². The first-order chi connectivity index (χ1) is 10.00. The van der Waals surface area contributed by atoms with E-state index in [1.807, 2.05) is 0 Å². The van der Waals surface area contributed by atoms with Gasteiger partial charge in [0.1, 0.15) is 0 Å². The van der Waals surface area contributed by atoms with Crippen molar-refractivity contribution in [3.8, 4) is 0 Å². The van der Waals surface area contributed by atoms with Crippen LogP contribution in [0.15, 0.2) is 11.4 Å². The normalized spacial score (nSPS) is 22.9. The Bertz CT molecular complexity index is 579. The summed E-state index contributed by atoms with van der Waals surface area (Å²) in [4.78, 5) is 6.32. The van der Waals surface area contributed by atoms with Gasteiger partial charge in [-0.1, -0.05) is 12.8 Å². The first-order valence-corrected chi connectivity index (χ1v) is 8.95. The van der Waals surface area contributed by atoms with E-state index in [4.69, 9.17) is 5.73 Å². The molecule has 0 amide bonds. The highest BCUT2D eigenvalue weighted by atomic mass is 32.2. The maximum absolute atomic E-state index is 12.7. The summed E-state index contributed by atoms with van der Waals surface area (Å²) < 4.78 is 28.4. The van der Waals surface area contributed by atoms with Crippen LogP contribution in [0.2, 0.25) is 0 Å². The summed E-state index contributed by atoms with van der Waals surface area (Å²) in [5.41, 5.74) is 5.71. The number of imidazole rings is 1. The molecule has 8 heteroatoms. The summed E-state index contributed by atoms with van der Waals surface area (Å²) in [6.45, 7) is 2.68. The SMILES string of the molecule is Cn1cnc(N)c1S(=O)(=O)N1CCN(C2CCCC2)CC1. The number of anilines is 1. The van der Waals surface area contributed by atoms with Gasteiger partial charge in [0.2, 0.25) is 0 Å². The summed E-state index contributed by atoms with van der Waals surface area (Å²) in [7, 11) is -1.89. The second kappa shape index (κ2) is 5.58. The van der Waals surface area contributed by atoms with Crippen LogP contribution in [0.5, 0.6) is 0 Å². The fourth-order valence-electron chi connectivity index (χ4n) is 3.45. The van der Waals surface area contributed by atoms with Crippen molar-refractivity contribution in [3.63, 3.8) is 0 Å². The maximum Gasteiger partial charge on any atom is 0.262 e. The van der Waals surface area contributed by atoms with Gasteiger partial charge in [-0.3, -0.25) is 4.90 Å². The molecular weight excluding hydrogens is 290 g/mol. The molecule has 1 saturated heterocycles. The van der Waals surface area contributed by atoms with E-state index in [-0.39, 0.29) is 10.8 Å². The van der Waals surface area contributed by atoms with Gasteiger partial charge >= 0.3 is 0 Å². The lowest BCUT2D eigenvalue weighted by molar-refractivity contribution is 0.138. The number of hydrogen-bond acceptors (Lipinski definition) is 5. The van der Waals surface area contributed by atoms with Crippen molar-refractivity contribution >= 4 is 15.8 Å². The minimum atomic E-state index is -3.54. The van der Waals surface area contributed by atoms with Crippen molar-refractivity contribution in [1.82, 2.24) is 18.8 Å². The first-order valence-electron chi connectivity index (χ1n) is 7.51. The van der Waals surface area contributed by atoms with Gasteiger partial charge in [0, 0.05) is 39.3 Å². The summed E-state index contributed by atoms with van der Waals surface area (Å²) in [6, 6.07) is 0.650. The van der Waals surface area contributed by atoms with Crippen LogP contribution in [-0.4, -0.2) is 59.4 Å². The zero-order valence-electron chi connectivity index (χ0n) is 12.4. The average molecular weight is 313 g/mol. The van der Waals surface area contributed by atoms with Crippen molar-refractivity contribution in [1.29, 1.82) is 0 Å². The lowest BCUT2D eigenvalue weighted by Gasteiger charge is -2.37. The molecule has 1 aliphatic heterocycles. The molecule has 0 radical (unpaired) electrons. The van der Waals surface area contributed by atoms with Crippen LogP contribution < -0.4 is 5.73 Å². The van der Waals surface area contributed by atoms with Gasteiger partial charge in [-0.05, 0) is 12.8 Å². The molecule has 2 aliphatic rings. The largest absolute Gasteiger partial charge is 0.381 e. The summed E-state index contributed by atoms with van der Waals surface area (Å²) in [5.74, 6) is 0.0794. The third-order valence-corrected chi connectivity index (χ3v) is 6.64. The zero-order chi connectivity index (χ0) is 15.0. The van der Waals surface area contributed by atoms with E-state index < -0.39 is 10.0 Å². The van der Waals surface area contributed by atoms with E-state index in [1.54, 1.807) is 7.05 Å². The molecule has 3 rings (SSSR count). The number of aryl methyl sites for hydroxylation is 1. The molecule has 0 spiro atoms. The van der Waals surface area contributed by atoms with E-state index >= 15 is 0 Å². The molecule has 0 aromatic carbocycles. The predicted octanol–water partition coefficient (Wildman–Crippen LogP) is 0.251. The van der Waals surface area contributed by atoms with Crippen LogP contribution in [-0.2, 0) is 17.1 Å². The van der Waals surface area contributed by atoms with Gasteiger partial charge in [0.25, 0.3) is 10.0 Å². The first kappa shape index (κ1) is 14.8. The quantitative estimate of drug-likeness (QED) is 0.865. The molecule has 2 heterocycles. The maximum atomic E-state index is 12.7. The van der Waals surface area contributed by atoms with Crippen LogP contribution in [0, 0.1) is 0 Å². The van der Waals surface area contributed by atoms with E-state index in [0.717, 1.165) is 13.1 Å². The van der Waals surface area contributed by atoms with Crippen LogP contribution in [0.4, 0.5) is 5.82 Å². The number of nitrogens with two attached hydrogens (primary N) is 1. The van der Waals surface area contributed by atoms with Crippen molar-refractivity contribution < 1.29 is 8.42 Å². The van der Waals surface area contributed by atoms with Gasteiger partial charge in [0.05, 0.1) is 6.33 Å². The number of hydrogen-bond donors (Lipinski definition) is 1. The number of nitrogen functional groups attached to an aromatic ring is 1. The number of rotatable bonds is 3. The molecule has 1 aliphatic carbocycles. The molecule has 0 unspecified atom stereocenters. The Kier molecular flexibility index (Phi) is 3.94. The molecule has 1 saturated carbocycles. The van der Waals surface area contributed by atoms with E-state index in [0.29, 0.717) is 19.1 Å².